The Hall–Kier alpha value is -1.66. The van der Waals surface area contributed by atoms with E-state index in [1.165, 1.54) is 23.2 Å². The first-order valence-electron chi connectivity index (χ1n) is 9.59. The molecule has 0 aliphatic rings. The van der Waals surface area contributed by atoms with E-state index < -0.39 is 0 Å². The molecule has 0 fully saturated rings. The third kappa shape index (κ3) is 6.25. The number of rotatable bonds is 10. The Balaban J connectivity index is 1.88. The molecule has 2 rings (SSSR count). The Morgan fingerprint density at radius 2 is 1.42 bits per heavy atom. The summed E-state index contributed by atoms with van der Waals surface area (Å²) in [6, 6.07) is 21.7. The zero-order valence-corrected chi connectivity index (χ0v) is 17.2. The van der Waals surface area contributed by atoms with Gasteiger partial charge in [-0.25, -0.2) is 0 Å². The van der Waals surface area contributed by atoms with Gasteiger partial charge in [-0.1, -0.05) is 73.5 Å². The van der Waals surface area contributed by atoms with Gasteiger partial charge in [-0.3, -0.25) is 4.79 Å². The van der Waals surface area contributed by atoms with E-state index in [9.17, 15) is 4.79 Å². The molecule has 0 saturated heterocycles. The first-order valence-corrected chi connectivity index (χ1v) is 11.1. The summed E-state index contributed by atoms with van der Waals surface area (Å²) in [5, 5.41) is 2.89. The number of carbonyl (C=O) groups excluding carboxylic acids is 1. The van der Waals surface area contributed by atoms with Gasteiger partial charge in [-0.15, -0.1) is 0 Å². The molecule has 0 amide bonds. The Kier molecular flexibility index (Phi) is 8.32. The Labute approximate surface area is 159 Å². The maximum Gasteiger partial charge on any atom is 0.311 e. The van der Waals surface area contributed by atoms with Crippen LogP contribution in [0.2, 0.25) is 0 Å². The number of benzene rings is 2. The van der Waals surface area contributed by atoms with Gasteiger partial charge in [0, 0.05) is 0 Å². The molecule has 0 bridgehead atoms. The topological polar surface area (TPSA) is 26.3 Å². The summed E-state index contributed by atoms with van der Waals surface area (Å²) in [7, 11) is -0.305. The highest BCUT2D eigenvalue weighted by Crippen LogP contribution is 2.35. The SMILES string of the molecule is CCOC(=O)C(C)(C)CCCCCP(c1ccccc1)c1ccccc1. The third-order valence-corrected chi connectivity index (χ3v) is 7.25. The fraction of sp³-hybridized carbons (Fsp3) is 0.435. The molecule has 2 aromatic carbocycles. The van der Waals surface area contributed by atoms with Crippen LogP contribution in [0.5, 0.6) is 0 Å². The summed E-state index contributed by atoms with van der Waals surface area (Å²) in [5.41, 5.74) is -0.375. The van der Waals surface area contributed by atoms with Crippen molar-refractivity contribution in [3.8, 4) is 0 Å². The molecule has 2 nitrogen and oxygen atoms in total. The molecule has 0 aliphatic heterocycles. The maximum absolute atomic E-state index is 12.0. The third-order valence-electron chi connectivity index (χ3n) is 4.65. The van der Waals surface area contributed by atoms with E-state index in [1.807, 2.05) is 20.8 Å². The van der Waals surface area contributed by atoms with Crippen LogP contribution in [0.25, 0.3) is 0 Å². The van der Waals surface area contributed by atoms with Crippen LogP contribution in [-0.4, -0.2) is 18.7 Å². The van der Waals surface area contributed by atoms with Crippen molar-refractivity contribution in [3.63, 3.8) is 0 Å². The normalized spacial score (nSPS) is 11.5. The molecule has 0 aliphatic carbocycles. The van der Waals surface area contributed by atoms with Crippen LogP contribution >= 0.6 is 7.92 Å². The molecule has 0 spiro atoms. The number of hydrogen-bond donors (Lipinski definition) is 0. The molecule has 0 heterocycles. The lowest BCUT2D eigenvalue weighted by atomic mass is 9.87. The van der Waals surface area contributed by atoms with Gasteiger partial charge in [0.2, 0.25) is 0 Å². The van der Waals surface area contributed by atoms with Gasteiger partial charge >= 0.3 is 5.97 Å². The van der Waals surface area contributed by atoms with Crippen molar-refractivity contribution < 1.29 is 9.53 Å². The predicted molar refractivity (Wildman–Crippen MR) is 113 cm³/mol. The zero-order chi connectivity index (χ0) is 18.8. The van der Waals surface area contributed by atoms with Crippen LogP contribution in [0.15, 0.2) is 60.7 Å². The molecule has 0 aromatic heterocycles. The summed E-state index contributed by atoms with van der Waals surface area (Å²) < 4.78 is 5.18. The molecule has 2 aromatic rings. The van der Waals surface area contributed by atoms with Gasteiger partial charge in [-0.2, -0.15) is 0 Å². The largest absolute Gasteiger partial charge is 0.466 e. The van der Waals surface area contributed by atoms with Crippen LogP contribution in [0.3, 0.4) is 0 Å². The number of ether oxygens (including phenoxy) is 1. The van der Waals surface area contributed by atoms with Crippen molar-refractivity contribution in [3.05, 3.63) is 60.7 Å². The number of hydrogen-bond acceptors (Lipinski definition) is 2. The molecule has 0 unspecified atom stereocenters. The second kappa shape index (κ2) is 10.5. The summed E-state index contributed by atoms with van der Waals surface area (Å²) in [4.78, 5) is 12.0. The standard InChI is InChI=1S/C23H31O2P/c1-4-25-22(24)23(2,3)18-12-7-13-19-26(20-14-8-5-9-15-20)21-16-10-6-11-17-21/h5-6,8-11,14-17H,4,7,12-13,18-19H2,1-3H3. The minimum atomic E-state index is -0.375. The van der Waals surface area contributed by atoms with E-state index in [0.717, 1.165) is 19.3 Å². The predicted octanol–water partition coefficient (Wildman–Crippen LogP) is 5.27. The van der Waals surface area contributed by atoms with Crippen molar-refractivity contribution >= 4 is 24.5 Å². The minimum Gasteiger partial charge on any atom is -0.466 e. The van der Waals surface area contributed by atoms with Crippen LogP contribution in [0.4, 0.5) is 0 Å². The maximum atomic E-state index is 12.0. The van der Waals surface area contributed by atoms with Gasteiger partial charge in [0.05, 0.1) is 12.0 Å². The lowest BCUT2D eigenvalue weighted by molar-refractivity contribution is -0.153. The Morgan fingerprint density at radius 3 is 1.92 bits per heavy atom. The van der Waals surface area contributed by atoms with Gasteiger partial charge in [0.15, 0.2) is 0 Å². The highest BCUT2D eigenvalue weighted by molar-refractivity contribution is 7.73. The van der Waals surface area contributed by atoms with Crippen LogP contribution in [-0.2, 0) is 9.53 Å². The Bertz CT molecular complexity index is 613. The molecule has 140 valence electrons. The van der Waals surface area contributed by atoms with Crippen molar-refractivity contribution in [2.45, 2.75) is 46.5 Å². The monoisotopic (exact) mass is 370 g/mol. The Morgan fingerprint density at radius 1 is 0.885 bits per heavy atom. The van der Waals surface area contributed by atoms with E-state index in [2.05, 4.69) is 60.7 Å². The summed E-state index contributed by atoms with van der Waals surface area (Å²) >= 11 is 0. The quantitative estimate of drug-likeness (QED) is 0.324. The molecule has 0 saturated carbocycles. The second-order valence-corrected chi connectivity index (χ2v) is 9.57. The molecule has 0 radical (unpaired) electrons. The van der Waals surface area contributed by atoms with Gasteiger partial charge in [0.1, 0.15) is 0 Å². The van der Waals surface area contributed by atoms with Crippen LogP contribution < -0.4 is 10.6 Å². The van der Waals surface area contributed by atoms with Crippen molar-refractivity contribution in [1.29, 1.82) is 0 Å². The zero-order valence-electron chi connectivity index (χ0n) is 16.3. The molecule has 0 N–H and O–H groups in total. The highest BCUT2D eigenvalue weighted by Gasteiger charge is 2.28. The summed E-state index contributed by atoms with van der Waals surface area (Å²) in [5.74, 6) is -0.0733. The average Bonchev–Trinajstić information content (AvgIpc) is 2.66. The molecule has 0 atom stereocenters. The average molecular weight is 370 g/mol. The van der Waals surface area contributed by atoms with Gasteiger partial charge < -0.3 is 4.74 Å². The van der Waals surface area contributed by atoms with E-state index in [4.69, 9.17) is 4.74 Å². The molecular formula is C23H31O2P. The number of esters is 1. The van der Waals surface area contributed by atoms with Crippen molar-refractivity contribution in [2.24, 2.45) is 5.41 Å². The number of unbranched alkanes of at least 4 members (excludes halogenated alkanes) is 2. The lowest BCUT2D eigenvalue weighted by Crippen LogP contribution is -2.26. The first kappa shape index (κ1) is 20.6. The second-order valence-electron chi connectivity index (χ2n) is 7.24. The summed E-state index contributed by atoms with van der Waals surface area (Å²) in [6.45, 7) is 6.31. The van der Waals surface area contributed by atoms with E-state index >= 15 is 0 Å². The molecule has 3 heteroatoms. The smallest absolute Gasteiger partial charge is 0.311 e. The van der Waals surface area contributed by atoms with Gasteiger partial charge in [-0.05, 0) is 58.3 Å². The van der Waals surface area contributed by atoms with E-state index in [1.54, 1.807) is 0 Å². The van der Waals surface area contributed by atoms with Crippen LogP contribution in [0, 0.1) is 5.41 Å². The highest BCUT2D eigenvalue weighted by atomic mass is 31.1. The van der Waals surface area contributed by atoms with E-state index in [0.29, 0.717) is 6.61 Å². The lowest BCUT2D eigenvalue weighted by Gasteiger charge is -2.22. The minimum absolute atomic E-state index is 0.0733. The van der Waals surface area contributed by atoms with Crippen molar-refractivity contribution in [1.82, 2.24) is 0 Å². The fourth-order valence-corrected chi connectivity index (χ4v) is 5.48. The van der Waals surface area contributed by atoms with E-state index in [-0.39, 0.29) is 19.3 Å². The molecule has 26 heavy (non-hydrogen) atoms. The van der Waals surface area contributed by atoms with Crippen LogP contribution in [0.1, 0.15) is 46.5 Å². The molecular weight excluding hydrogens is 339 g/mol. The first-order chi connectivity index (χ1) is 12.5. The summed E-state index contributed by atoms with van der Waals surface area (Å²) in [6.07, 6.45) is 5.50. The van der Waals surface area contributed by atoms with Gasteiger partial charge in [0.25, 0.3) is 0 Å². The number of carbonyl (C=O) groups is 1. The van der Waals surface area contributed by atoms with Crippen molar-refractivity contribution in [2.75, 3.05) is 12.8 Å². The fourth-order valence-electron chi connectivity index (χ4n) is 3.07.